The average molecular weight is 273 g/mol. The Bertz CT molecular complexity index is 448. The number of fused-ring (bicyclic) bond motifs is 1. The van der Waals surface area contributed by atoms with Crippen LogP contribution in [0.25, 0.3) is 0 Å². The third kappa shape index (κ3) is 2.31. The Hall–Kier alpha value is -1.13. The Labute approximate surface area is 120 Å². The molecule has 0 bridgehead atoms. The molecule has 3 atom stereocenters. The van der Waals surface area contributed by atoms with Gasteiger partial charge in [-0.1, -0.05) is 12.5 Å². The van der Waals surface area contributed by atoms with Crippen LogP contribution in [0.15, 0.2) is 24.4 Å². The summed E-state index contributed by atoms with van der Waals surface area (Å²) in [4.78, 5) is 7.00. The highest BCUT2D eigenvalue weighted by atomic mass is 16.5. The molecule has 4 rings (SSSR count). The number of rotatable bonds is 4. The van der Waals surface area contributed by atoms with E-state index < -0.39 is 0 Å². The lowest BCUT2D eigenvalue weighted by molar-refractivity contribution is 0.0740. The summed E-state index contributed by atoms with van der Waals surface area (Å²) in [6, 6.07) is 6.86. The van der Waals surface area contributed by atoms with Gasteiger partial charge in [0.15, 0.2) is 0 Å². The number of hydrogen-bond acceptors (Lipinski definition) is 4. The number of hydrogen-bond donors (Lipinski definition) is 1. The molecule has 0 aromatic carbocycles. The zero-order chi connectivity index (χ0) is 13.4. The van der Waals surface area contributed by atoms with Crippen molar-refractivity contribution in [1.82, 2.24) is 9.88 Å². The van der Waals surface area contributed by atoms with Crippen LogP contribution in [0.4, 0.5) is 5.82 Å². The normalized spacial score (nSPS) is 33.9. The van der Waals surface area contributed by atoms with Crippen molar-refractivity contribution in [2.24, 2.45) is 11.8 Å². The molecule has 3 heterocycles. The fraction of sp³-hybridized carbons (Fsp3) is 0.688. The minimum absolute atomic E-state index is 0.478. The van der Waals surface area contributed by atoms with Gasteiger partial charge in [0.05, 0.1) is 12.7 Å². The minimum atomic E-state index is 0.478. The van der Waals surface area contributed by atoms with Crippen LogP contribution >= 0.6 is 0 Å². The fourth-order valence-electron chi connectivity index (χ4n) is 3.79. The van der Waals surface area contributed by atoms with Gasteiger partial charge < -0.3 is 10.1 Å². The van der Waals surface area contributed by atoms with E-state index >= 15 is 0 Å². The molecule has 1 aromatic heterocycles. The van der Waals surface area contributed by atoms with Crippen LogP contribution < -0.4 is 5.32 Å². The van der Waals surface area contributed by atoms with Gasteiger partial charge in [-0.25, -0.2) is 4.98 Å². The first-order chi connectivity index (χ1) is 9.90. The Kier molecular flexibility index (Phi) is 3.36. The van der Waals surface area contributed by atoms with Gasteiger partial charge in [-0.3, -0.25) is 4.90 Å². The third-order valence-electron chi connectivity index (χ3n) is 5.27. The quantitative estimate of drug-likeness (QED) is 0.910. The molecule has 4 nitrogen and oxygen atoms in total. The summed E-state index contributed by atoms with van der Waals surface area (Å²) < 4.78 is 6.02. The van der Waals surface area contributed by atoms with Crippen molar-refractivity contribution in [3.8, 4) is 0 Å². The standard InChI is InChI=1S/C16H23N3O/c1-2-7-17-16(6-1)18-8-12-11-20-15-10-19(9-14(12)15)13-4-3-5-13/h1-2,6-7,12-15H,3-5,8-11H2,(H,17,18)/t12-,14+,15+/m1/s1. The Morgan fingerprint density at radius 1 is 1.30 bits per heavy atom. The molecule has 1 saturated carbocycles. The van der Waals surface area contributed by atoms with Crippen LogP contribution in [-0.4, -0.2) is 48.3 Å². The van der Waals surface area contributed by atoms with Gasteiger partial charge in [0.2, 0.25) is 0 Å². The van der Waals surface area contributed by atoms with Gasteiger partial charge in [-0.15, -0.1) is 0 Å². The molecule has 108 valence electrons. The second-order valence-electron chi connectivity index (χ2n) is 6.43. The molecule has 0 radical (unpaired) electrons. The molecule has 0 amide bonds. The first-order valence-corrected chi connectivity index (χ1v) is 7.91. The molecular formula is C16H23N3O. The van der Waals surface area contributed by atoms with E-state index in [0.29, 0.717) is 17.9 Å². The summed E-state index contributed by atoms with van der Waals surface area (Å²) in [7, 11) is 0. The monoisotopic (exact) mass is 273 g/mol. The van der Waals surface area contributed by atoms with E-state index in [1.54, 1.807) is 0 Å². The molecule has 0 unspecified atom stereocenters. The van der Waals surface area contributed by atoms with Crippen LogP contribution in [-0.2, 0) is 4.74 Å². The van der Waals surface area contributed by atoms with Gasteiger partial charge in [0.25, 0.3) is 0 Å². The Morgan fingerprint density at radius 3 is 3.00 bits per heavy atom. The molecule has 2 saturated heterocycles. The topological polar surface area (TPSA) is 37.4 Å². The van der Waals surface area contributed by atoms with E-state index in [0.717, 1.165) is 31.6 Å². The average Bonchev–Trinajstić information content (AvgIpc) is 2.96. The largest absolute Gasteiger partial charge is 0.376 e. The van der Waals surface area contributed by atoms with E-state index in [2.05, 4.69) is 15.2 Å². The predicted molar refractivity (Wildman–Crippen MR) is 78.7 cm³/mol. The minimum Gasteiger partial charge on any atom is -0.376 e. The second-order valence-corrected chi connectivity index (χ2v) is 6.43. The van der Waals surface area contributed by atoms with Gasteiger partial charge in [-0.2, -0.15) is 0 Å². The zero-order valence-electron chi connectivity index (χ0n) is 11.9. The van der Waals surface area contributed by atoms with E-state index in [9.17, 15) is 0 Å². The second kappa shape index (κ2) is 5.34. The van der Waals surface area contributed by atoms with Gasteiger partial charge >= 0.3 is 0 Å². The molecule has 3 fully saturated rings. The van der Waals surface area contributed by atoms with E-state index in [1.165, 1.54) is 25.8 Å². The number of aromatic nitrogens is 1. The van der Waals surface area contributed by atoms with Crippen molar-refractivity contribution in [2.45, 2.75) is 31.4 Å². The Morgan fingerprint density at radius 2 is 2.25 bits per heavy atom. The molecule has 20 heavy (non-hydrogen) atoms. The van der Waals surface area contributed by atoms with Crippen molar-refractivity contribution < 1.29 is 4.74 Å². The lowest BCUT2D eigenvalue weighted by Crippen LogP contribution is -2.40. The number of anilines is 1. The van der Waals surface area contributed by atoms with Crippen molar-refractivity contribution in [2.75, 3.05) is 31.6 Å². The summed E-state index contributed by atoms with van der Waals surface area (Å²) in [5.74, 6) is 2.32. The van der Waals surface area contributed by atoms with Crippen molar-refractivity contribution >= 4 is 5.82 Å². The van der Waals surface area contributed by atoms with Crippen LogP contribution in [0, 0.1) is 11.8 Å². The summed E-state index contributed by atoms with van der Waals surface area (Å²) in [5.41, 5.74) is 0. The highest BCUT2D eigenvalue weighted by Crippen LogP contribution is 2.37. The Balaban J connectivity index is 1.33. The van der Waals surface area contributed by atoms with Crippen molar-refractivity contribution in [3.63, 3.8) is 0 Å². The lowest BCUT2D eigenvalue weighted by atomic mass is 9.91. The number of pyridine rings is 1. The maximum absolute atomic E-state index is 6.02. The lowest BCUT2D eigenvalue weighted by Gasteiger charge is -2.35. The molecule has 3 aliphatic rings. The molecular weight excluding hydrogens is 250 g/mol. The number of nitrogens with one attached hydrogen (secondary N) is 1. The maximum atomic E-state index is 6.02. The maximum Gasteiger partial charge on any atom is 0.125 e. The first kappa shape index (κ1) is 12.6. The van der Waals surface area contributed by atoms with Crippen LogP contribution in [0.3, 0.4) is 0 Å². The van der Waals surface area contributed by atoms with Crippen molar-refractivity contribution in [3.05, 3.63) is 24.4 Å². The highest BCUT2D eigenvalue weighted by molar-refractivity contribution is 5.33. The third-order valence-corrected chi connectivity index (χ3v) is 5.27. The van der Waals surface area contributed by atoms with E-state index in [1.807, 2.05) is 24.4 Å². The molecule has 0 spiro atoms. The van der Waals surface area contributed by atoms with E-state index in [4.69, 9.17) is 4.74 Å². The number of ether oxygens (including phenoxy) is 1. The predicted octanol–water partition coefficient (Wildman–Crippen LogP) is 1.99. The number of likely N-dealkylation sites (tertiary alicyclic amines) is 1. The number of nitrogens with zero attached hydrogens (tertiary/aromatic N) is 2. The molecule has 2 aliphatic heterocycles. The van der Waals surface area contributed by atoms with Crippen LogP contribution in [0.2, 0.25) is 0 Å². The summed E-state index contributed by atoms with van der Waals surface area (Å²) in [5, 5.41) is 3.46. The fourth-order valence-corrected chi connectivity index (χ4v) is 3.79. The molecule has 1 aromatic rings. The molecule has 4 heteroatoms. The van der Waals surface area contributed by atoms with E-state index in [-0.39, 0.29) is 0 Å². The molecule has 1 N–H and O–H groups in total. The summed E-state index contributed by atoms with van der Waals surface area (Å²) in [6.45, 7) is 4.30. The van der Waals surface area contributed by atoms with Crippen LogP contribution in [0.1, 0.15) is 19.3 Å². The van der Waals surface area contributed by atoms with Gasteiger partial charge in [-0.05, 0) is 25.0 Å². The first-order valence-electron chi connectivity index (χ1n) is 7.91. The highest BCUT2D eigenvalue weighted by Gasteiger charge is 2.45. The summed E-state index contributed by atoms with van der Waals surface area (Å²) >= 11 is 0. The smallest absolute Gasteiger partial charge is 0.125 e. The SMILES string of the molecule is c1ccc(NC[C@@H]2CO[C@H]3CN(C4CCC4)C[C@@H]23)nc1. The van der Waals surface area contributed by atoms with Crippen molar-refractivity contribution in [1.29, 1.82) is 0 Å². The zero-order valence-corrected chi connectivity index (χ0v) is 11.9. The van der Waals surface area contributed by atoms with Gasteiger partial charge in [0.1, 0.15) is 5.82 Å². The summed E-state index contributed by atoms with van der Waals surface area (Å²) in [6.07, 6.45) is 6.53. The van der Waals surface area contributed by atoms with Crippen LogP contribution in [0.5, 0.6) is 0 Å². The molecule has 1 aliphatic carbocycles. The van der Waals surface area contributed by atoms with Gasteiger partial charge in [0, 0.05) is 43.7 Å².